The van der Waals surface area contributed by atoms with E-state index in [1.807, 2.05) is 66.9 Å². The van der Waals surface area contributed by atoms with E-state index in [1.165, 1.54) is 5.82 Å². The largest absolute Gasteiger partial charge is 0.471 e. The molecule has 1 aromatic heterocycles. The van der Waals surface area contributed by atoms with E-state index in [2.05, 4.69) is 5.10 Å². The molecule has 6 nitrogen and oxygen atoms in total. The van der Waals surface area contributed by atoms with Crippen LogP contribution in [0.1, 0.15) is 25.0 Å². The van der Waals surface area contributed by atoms with Gasteiger partial charge in [-0.3, -0.25) is 4.57 Å². The highest BCUT2D eigenvalue weighted by atomic mass is 31.2. The summed E-state index contributed by atoms with van der Waals surface area (Å²) in [6.07, 6.45) is 3.51. The molecule has 0 amide bonds. The van der Waals surface area contributed by atoms with Crippen LogP contribution in [0.25, 0.3) is 11.8 Å². The minimum Gasteiger partial charge on any atom is -0.471 e. The maximum atomic E-state index is 12.8. The van der Waals surface area contributed by atoms with E-state index in [1.54, 1.807) is 24.6 Å². The van der Waals surface area contributed by atoms with Gasteiger partial charge in [-0.15, -0.1) is 5.10 Å². The van der Waals surface area contributed by atoms with Crippen molar-refractivity contribution in [3.8, 4) is 11.6 Å². The molecule has 3 rings (SSSR count). The Labute approximate surface area is 171 Å². The highest BCUT2D eigenvalue weighted by Gasteiger charge is 2.20. The van der Waals surface area contributed by atoms with Gasteiger partial charge in [0.2, 0.25) is 5.88 Å². The van der Waals surface area contributed by atoms with Gasteiger partial charge in [-0.2, -0.15) is 0 Å². The SMILES string of the molecule is CCOP(=O)(C=Cc1cn(-c2ccccc2)nc1OCc1ccccc1)OCC. The van der Waals surface area contributed by atoms with Gasteiger partial charge < -0.3 is 13.8 Å². The maximum Gasteiger partial charge on any atom is 0.354 e. The van der Waals surface area contributed by atoms with Gasteiger partial charge in [-0.1, -0.05) is 48.5 Å². The van der Waals surface area contributed by atoms with Crippen LogP contribution >= 0.6 is 7.60 Å². The second-order valence-electron chi connectivity index (χ2n) is 6.14. The monoisotopic (exact) mass is 412 g/mol. The van der Waals surface area contributed by atoms with Crippen molar-refractivity contribution >= 4 is 13.7 Å². The summed E-state index contributed by atoms with van der Waals surface area (Å²) in [5.74, 6) is 1.90. The molecule has 0 aliphatic heterocycles. The molecule has 0 unspecified atom stereocenters. The Balaban J connectivity index is 1.89. The molecule has 0 aliphatic rings. The van der Waals surface area contributed by atoms with Gasteiger partial charge in [-0.25, -0.2) is 4.68 Å². The summed E-state index contributed by atoms with van der Waals surface area (Å²) >= 11 is 0. The van der Waals surface area contributed by atoms with Crippen LogP contribution < -0.4 is 4.74 Å². The Morgan fingerprint density at radius 3 is 2.21 bits per heavy atom. The fourth-order valence-electron chi connectivity index (χ4n) is 2.69. The number of hydrogen-bond acceptors (Lipinski definition) is 5. The van der Waals surface area contributed by atoms with Crippen LogP contribution in [-0.2, 0) is 20.2 Å². The van der Waals surface area contributed by atoms with Crippen molar-refractivity contribution in [2.75, 3.05) is 13.2 Å². The van der Waals surface area contributed by atoms with E-state index in [0.717, 1.165) is 11.3 Å². The van der Waals surface area contributed by atoms with Crippen molar-refractivity contribution in [3.63, 3.8) is 0 Å². The summed E-state index contributed by atoms with van der Waals surface area (Å²) in [7, 11) is -3.32. The lowest BCUT2D eigenvalue weighted by Crippen LogP contribution is -1.98. The number of hydrogen-bond donors (Lipinski definition) is 0. The number of benzene rings is 2. The molecule has 2 aromatic carbocycles. The zero-order chi connectivity index (χ0) is 20.5. The molecule has 0 atom stereocenters. The highest BCUT2D eigenvalue weighted by Crippen LogP contribution is 2.50. The van der Waals surface area contributed by atoms with Crippen LogP contribution in [0.15, 0.2) is 72.7 Å². The summed E-state index contributed by atoms with van der Waals surface area (Å²) in [6, 6.07) is 19.6. The number of nitrogens with zero attached hydrogens (tertiary/aromatic N) is 2. The Kier molecular flexibility index (Phi) is 7.42. The molecule has 0 saturated carbocycles. The molecule has 29 heavy (non-hydrogen) atoms. The fourth-order valence-corrected chi connectivity index (χ4v) is 4.00. The number of rotatable bonds is 10. The van der Waals surface area contributed by atoms with Crippen molar-refractivity contribution < 1.29 is 18.3 Å². The first kappa shape index (κ1) is 21.1. The summed E-state index contributed by atoms with van der Waals surface area (Å²) in [4.78, 5) is 0. The molecule has 7 heteroatoms. The van der Waals surface area contributed by atoms with Crippen molar-refractivity contribution in [1.29, 1.82) is 0 Å². The normalized spacial score (nSPS) is 11.8. The number of ether oxygens (including phenoxy) is 1. The molecule has 152 valence electrons. The molecule has 0 saturated heterocycles. The summed E-state index contributed by atoms with van der Waals surface area (Å²) < 4.78 is 31.1. The molecule has 0 bridgehead atoms. The zero-order valence-corrected chi connectivity index (χ0v) is 17.5. The Morgan fingerprint density at radius 2 is 1.59 bits per heavy atom. The molecule has 0 spiro atoms. The average Bonchev–Trinajstić information content (AvgIpc) is 3.16. The molecule has 0 radical (unpaired) electrons. The molecule has 0 fully saturated rings. The van der Waals surface area contributed by atoms with E-state index in [4.69, 9.17) is 13.8 Å². The van der Waals surface area contributed by atoms with E-state index >= 15 is 0 Å². The predicted molar refractivity (Wildman–Crippen MR) is 114 cm³/mol. The van der Waals surface area contributed by atoms with Gasteiger partial charge in [-0.05, 0) is 37.6 Å². The van der Waals surface area contributed by atoms with Gasteiger partial charge in [0.05, 0.1) is 24.5 Å². The zero-order valence-electron chi connectivity index (χ0n) is 16.6. The number of aromatic nitrogens is 2. The van der Waals surface area contributed by atoms with Crippen LogP contribution in [0, 0.1) is 0 Å². The topological polar surface area (TPSA) is 62.6 Å². The smallest absolute Gasteiger partial charge is 0.354 e. The van der Waals surface area contributed by atoms with Crippen molar-refractivity contribution in [1.82, 2.24) is 9.78 Å². The van der Waals surface area contributed by atoms with Crippen LogP contribution in [0.3, 0.4) is 0 Å². The molecule has 0 aliphatic carbocycles. The van der Waals surface area contributed by atoms with E-state index < -0.39 is 7.60 Å². The number of para-hydroxylation sites is 1. The third-order valence-electron chi connectivity index (χ3n) is 4.00. The molecule has 3 aromatic rings. The van der Waals surface area contributed by atoms with Crippen molar-refractivity contribution in [2.45, 2.75) is 20.5 Å². The first-order valence-electron chi connectivity index (χ1n) is 9.53. The van der Waals surface area contributed by atoms with Crippen LogP contribution in [0.4, 0.5) is 0 Å². The Hall–Kier alpha value is -2.66. The minimum absolute atomic E-state index is 0.294. The lowest BCUT2D eigenvalue weighted by atomic mass is 10.2. The van der Waals surface area contributed by atoms with Gasteiger partial charge in [0, 0.05) is 12.0 Å². The van der Waals surface area contributed by atoms with Crippen LogP contribution in [-0.4, -0.2) is 23.0 Å². The van der Waals surface area contributed by atoms with Crippen molar-refractivity contribution in [3.05, 3.63) is 83.8 Å². The summed E-state index contributed by atoms with van der Waals surface area (Å²) in [5, 5.41) is 4.56. The quantitative estimate of drug-likeness (QED) is 0.401. The molecule has 1 heterocycles. The third kappa shape index (κ3) is 5.91. The predicted octanol–water partition coefficient (Wildman–Crippen LogP) is 5.69. The molecule has 0 N–H and O–H groups in total. The average molecular weight is 412 g/mol. The first-order valence-corrected chi connectivity index (χ1v) is 11.1. The van der Waals surface area contributed by atoms with Crippen LogP contribution in [0.5, 0.6) is 5.88 Å². The van der Waals surface area contributed by atoms with Gasteiger partial charge in [0.1, 0.15) is 6.61 Å². The third-order valence-corrected chi connectivity index (χ3v) is 5.75. The standard InChI is InChI=1S/C22H25N2O4P/c1-3-27-29(25,28-4-2)16-15-20-17-24(21-13-9-6-10-14-21)23-22(20)26-18-19-11-7-5-8-12-19/h5-17H,3-4,18H2,1-2H3. The Morgan fingerprint density at radius 1 is 0.966 bits per heavy atom. The summed E-state index contributed by atoms with van der Waals surface area (Å²) in [5.41, 5.74) is 2.62. The summed E-state index contributed by atoms with van der Waals surface area (Å²) in [6.45, 7) is 4.52. The van der Waals surface area contributed by atoms with Gasteiger partial charge in [0.25, 0.3) is 0 Å². The maximum absolute atomic E-state index is 12.8. The lowest BCUT2D eigenvalue weighted by molar-refractivity contribution is 0.229. The van der Waals surface area contributed by atoms with E-state index in [9.17, 15) is 4.57 Å². The highest BCUT2D eigenvalue weighted by molar-refractivity contribution is 7.57. The van der Waals surface area contributed by atoms with E-state index in [-0.39, 0.29) is 0 Å². The van der Waals surface area contributed by atoms with Gasteiger partial charge >= 0.3 is 7.60 Å². The van der Waals surface area contributed by atoms with Gasteiger partial charge in [0.15, 0.2) is 0 Å². The Bertz CT molecular complexity index is 961. The molecular weight excluding hydrogens is 387 g/mol. The van der Waals surface area contributed by atoms with E-state index in [0.29, 0.717) is 31.3 Å². The first-order chi connectivity index (χ1) is 14.1. The van der Waals surface area contributed by atoms with Crippen molar-refractivity contribution in [2.24, 2.45) is 0 Å². The second-order valence-corrected chi connectivity index (χ2v) is 8.03. The lowest BCUT2D eigenvalue weighted by Gasteiger charge is -2.12. The minimum atomic E-state index is -3.32. The molecular formula is C22H25N2O4P. The fraction of sp³-hybridized carbons (Fsp3) is 0.227. The second kappa shape index (κ2) is 10.2. The van der Waals surface area contributed by atoms with Crippen LogP contribution in [0.2, 0.25) is 0 Å².